The van der Waals surface area contributed by atoms with E-state index in [-0.39, 0.29) is 12.2 Å². The molecule has 0 spiro atoms. The molecule has 0 radical (unpaired) electrons. The number of ketones is 1. The highest BCUT2D eigenvalue weighted by atomic mass is 35.5. The Morgan fingerprint density at radius 3 is 2.67 bits per heavy atom. The van der Waals surface area contributed by atoms with E-state index >= 15 is 0 Å². The van der Waals surface area contributed by atoms with Crippen molar-refractivity contribution in [2.75, 3.05) is 0 Å². The van der Waals surface area contributed by atoms with Crippen LogP contribution in [0.3, 0.4) is 0 Å². The Kier molecular flexibility index (Phi) is 4.54. The third-order valence-electron chi connectivity index (χ3n) is 4.65. The van der Waals surface area contributed by atoms with Crippen molar-refractivity contribution < 1.29 is 4.79 Å². The fraction of sp³-hybridized carbons (Fsp3) is 0.190. The summed E-state index contributed by atoms with van der Waals surface area (Å²) in [5, 5.41) is 8.27. The molecule has 2 N–H and O–H groups in total. The number of fused-ring (bicyclic) bond motifs is 1. The predicted octanol–water partition coefficient (Wildman–Crippen LogP) is 4.90. The standard InChI is InChI=1S/C21H19ClN4O/c1-3-16-19(22)20(26-25-16)18(27)9-13-8-15-10-17(24-21(15)23-11-13)14-6-4-12(2)5-7-14/h4-8,10-11H,3,9H2,1-2H3,(H,23,24)(H,25,26). The van der Waals surface area contributed by atoms with Crippen molar-refractivity contribution in [1.82, 2.24) is 20.2 Å². The molecule has 0 fully saturated rings. The third kappa shape index (κ3) is 3.38. The molecule has 0 aliphatic carbocycles. The number of hydrogen-bond donors (Lipinski definition) is 2. The molecular weight excluding hydrogens is 360 g/mol. The van der Waals surface area contributed by atoms with Gasteiger partial charge in [-0.2, -0.15) is 5.10 Å². The van der Waals surface area contributed by atoms with E-state index in [1.807, 2.05) is 13.0 Å². The quantitative estimate of drug-likeness (QED) is 0.485. The predicted molar refractivity (Wildman–Crippen MR) is 107 cm³/mol. The summed E-state index contributed by atoms with van der Waals surface area (Å²) < 4.78 is 0. The molecule has 0 amide bonds. The van der Waals surface area contributed by atoms with Gasteiger partial charge in [0.05, 0.1) is 10.7 Å². The van der Waals surface area contributed by atoms with E-state index in [4.69, 9.17) is 11.6 Å². The number of hydrogen-bond acceptors (Lipinski definition) is 3. The highest BCUT2D eigenvalue weighted by molar-refractivity contribution is 6.34. The van der Waals surface area contributed by atoms with E-state index in [1.54, 1.807) is 6.20 Å². The van der Waals surface area contributed by atoms with Gasteiger partial charge in [-0.15, -0.1) is 0 Å². The maximum absolute atomic E-state index is 12.6. The summed E-state index contributed by atoms with van der Waals surface area (Å²) in [5.41, 5.74) is 6.03. The van der Waals surface area contributed by atoms with Crippen LogP contribution in [0.5, 0.6) is 0 Å². The van der Waals surface area contributed by atoms with Crippen LogP contribution in [0.25, 0.3) is 22.3 Å². The molecule has 6 heteroatoms. The van der Waals surface area contributed by atoms with Crippen LogP contribution in [0.15, 0.2) is 42.6 Å². The number of nitrogens with zero attached hydrogens (tertiary/aromatic N) is 2. The van der Waals surface area contributed by atoms with Crippen LogP contribution in [0.1, 0.15) is 34.2 Å². The molecule has 0 aliphatic heterocycles. The Hall–Kier alpha value is -2.92. The number of Topliss-reactive ketones (excluding diaryl/α,β-unsaturated/α-hetero) is 1. The first-order valence-corrected chi connectivity index (χ1v) is 9.23. The van der Waals surface area contributed by atoms with Crippen LogP contribution in [0, 0.1) is 6.92 Å². The second kappa shape index (κ2) is 7.00. The monoisotopic (exact) mass is 378 g/mol. The zero-order valence-corrected chi connectivity index (χ0v) is 15.9. The molecule has 0 saturated carbocycles. The van der Waals surface area contributed by atoms with E-state index in [0.717, 1.165) is 33.5 Å². The lowest BCUT2D eigenvalue weighted by atomic mass is 10.1. The fourth-order valence-electron chi connectivity index (χ4n) is 3.10. The molecule has 5 nitrogen and oxygen atoms in total. The number of pyridine rings is 1. The first kappa shape index (κ1) is 17.5. The molecule has 4 rings (SSSR count). The average Bonchev–Trinajstić information content (AvgIpc) is 3.25. The number of carbonyl (C=O) groups excluding carboxylic acids is 1. The number of carbonyl (C=O) groups is 1. The van der Waals surface area contributed by atoms with Gasteiger partial charge in [0.15, 0.2) is 5.78 Å². The van der Waals surface area contributed by atoms with Crippen molar-refractivity contribution >= 4 is 28.4 Å². The second-order valence-electron chi connectivity index (χ2n) is 6.65. The van der Waals surface area contributed by atoms with Gasteiger partial charge in [0.25, 0.3) is 0 Å². The Morgan fingerprint density at radius 1 is 1.19 bits per heavy atom. The highest BCUT2D eigenvalue weighted by Crippen LogP contribution is 2.25. The van der Waals surface area contributed by atoms with Gasteiger partial charge < -0.3 is 4.98 Å². The Morgan fingerprint density at radius 2 is 1.96 bits per heavy atom. The molecule has 27 heavy (non-hydrogen) atoms. The zero-order chi connectivity index (χ0) is 19.0. The van der Waals surface area contributed by atoms with Crippen molar-refractivity contribution in [2.45, 2.75) is 26.7 Å². The van der Waals surface area contributed by atoms with Crippen molar-refractivity contribution in [3.8, 4) is 11.3 Å². The maximum atomic E-state index is 12.6. The van der Waals surface area contributed by atoms with Gasteiger partial charge in [0.1, 0.15) is 11.3 Å². The van der Waals surface area contributed by atoms with E-state index in [1.165, 1.54) is 5.56 Å². The first-order chi connectivity index (χ1) is 13.0. The van der Waals surface area contributed by atoms with Crippen LogP contribution >= 0.6 is 11.6 Å². The number of rotatable bonds is 5. The van der Waals surface area contributed by atoms with Gasteiger partial charge in [-0.3, -0.25) is 9.89 Å². The van der Waals surface area contributed by atoms with E-state index in [9.17, 15) is 4.79 Å². The minimum Gasteiger partial charge on any atom is -0.339 e. The summed E-state index contributed by atoms with van der Waals surface area (Å²) in [7, 11) is 0. The van der Waals surface area contributed by atoms with Crippen molar-refractivity contribution in [3.63, 3.8) is 0 Å². The number of benzene rings is 1. The van der Waals surface area contributed by atoms with Crippen molar-refractivity contribution in [3.05, 3.63) is 70.1 Å². The van der Waals surface area contributed by atoms with Crippen LogP contribution < -0.4 is 0 Å². The second-order valence-corrected chi connectivity index (χ2v) is 7.03. The number of aryl methyl sites for hydroxylation is 2. The molecule has 0 atom stereocenters. The lowest BCUT2D eigenvalue weighted by molar-refractivity contribution is 0.0988. The SMILES string of the molecule is CCc1[nH]nc(C(=O)Cc2cnc3[nH]c(-c4ccc(C)cc4)cc3c2)c1Cl. The maximum Gasteiger partial charge on any atom is 0.189 e. The Balaban J connectivity index is 1.60. The largest absolute Gasteiger partial charge is 0.339 e. The van der Waals surface area contributed by atoms with E-state index in [2.05, 4.69) is 57.4 Å². The minimum atomic E-state index is -0.119. The van der Waals surface area contributed by atoms with Gasteiger partial charge in [-0.05, 0) is 36.6 Å². The molecular formula is C21H19ClN4O. The minimum absolute atomic E-state index is 0.119. The number of aromatic amines is 2. The summed E-state index contributed by atoms with van der Waals surface area (Å²) in [6.45, 7) is 4.03. The first-order valence-electron chi connectivity index (χ1n) is 8.85. The number of H-pyrrole nitrogens is 2. The lowest BCUT2D eigenvalue weighted by Gasteiger charge is -2.00. The fourth-order valence-corrected chi connectivity index (χ4v) is 3.42. The van der Waals surface area contributed by atoms with E-state index < -0.39 is 0 Å². The summed E-state index contributed by atoms with van der Waals surface area (Å²) in [4.78, 5) is 20.4. The topological polar surface area (TPSA) is 74.4 Å². The summed E-state index contributed by atoms with van der Waals surface area (Å²) in [6.07, 6.45) is 2.64. The van der Waals surface area contributed by atoms with Gasteiger partial charge >= 0.3 is 0 Å². The average molecular weight is 379 g/mol. The smallest absolute Gasteiger partial charge is 0.189 e. The van der Waals surface area contributed by atoms with Crippen LogP contribution in [0.2, 0.25) is 5.02 Å². The van der Waals surface area contributed by atoms with Crippen LogP contribution in [-0.2, 0) is 12.8 Å². The molecule has 0 bridgehead atoms. The Bertz CT molecular complexity index is 1130. The summed E-state index contributed by atoms with van der Waals surface area (Å²) in [5.74, 6) is -0.119. The van der Waals surface area contributed by atoms with Crippen molar-refractivity contribution in [1.29, 1.82) is 0 Å². The van der Waals surface area contributed by atoms with Crippen molar-refractivity contribution in [2.24, 2.45) is 0 Å². The molecule has 4 aromatic rings. The summed E-state index contributed by atoms with van der Waals surface area (Å²) in [6, 6.07) is 12.4. The normalized spacial score (nSPS) is 11.2. The summed E-state index contributed by atoms with van der Waals surface area (Å²) >= 11 is 6.23. The lowest BCUT2D eigenvalue weighted by Crippen LogP contribution is -2.05. The van der Waals surface area contributed by atoms with Gasteiger partial charge in [-0.25, -0.2) is 4.98 Å². The molecule has 3 aromatic heterocycles. The highest BCUT2D eigenvalue weighted by Gasteiger charge is 2.18. The van der Waals surface area contributed by atoms with Gasteiger partial charge in [-0.1, -0.05) is 48.4 Å². The number of aromatic nitrogens is 4. The van der Waals surface area contributed by atoms with Gasteiger partial charge in [0.2, 0.25) is 0 Å². The third-order valence-corrected chi connectivity index (χ3v) is 5.05. The zero-order valence-electron chi connectivity index (χ0n) is 15.1. The number of halogens is 1. The Labute approximate surface area is 161 Å². The molecule has 136 valence electrons. The molecule has 0 saturated heterocycles. The molecule has 3 heterocycles. The number of nitrogens with one attached hydrogen (secondary N) is 2. The molecule has 1 aromatic carbocycles. The van der Waals surface area contributed by atoms with Crippen LogP contribution in [-0.4, -0.2) is 25.9 Å². The molecule has 0 aliphatic rings. The van der Waals surface area contributed by atoms with Crippen LogP contribution in [0.4, 0.5) is 0 Å². The van der Waals surface area contributed by atoms with E-state index in [0.29, 0.717) is 17.1 Å². The van der Waals surface area contributed by atoms with Gasteiger partial charge in [0, 0.05) is 23.7 Å². The molecule has 0 unspecified atom stereocenters.